The van der Waals surface area contributed by atoms with Gasteiger partial charge in [-0.25, -0.2) is 14.0 Å². The quantitative estimate of drug-likeness (QED) is 0.492. The molecule has 140 valence electrons. The highest BCUT2D eigenvalue weighted by Crippen LogP contribution is 2.30. The Hall–Kier alpha value is -3.15. The van der Waals surface area contributed by atoms with E-state index in [0.29, 0.717) is 16.9 Å². The number of hydrogen-bond donors (Lipinski definition) is 0. The van der Waals surface area contributed by atoms with Crippen LogP contribution >= 0.6 is 0 Å². The van der Waals surface area contributed by atoms with Gasteiger partial charge in [0.1, 0.15) is 23.8 Å². The number of fused-ring (bicyclic) bond motifs is 1. The normalized spacial score (nSPS) is 11.0. The minimum Gasteiger partial charge on any atom is -0.490 e. The van der Waals surface area contributed by atoms with Crippen LogP contribution in [0, 0.1) is 12.7 Å². The first-order chi connectivity index (χ1) is 12.8. The van der Waals surface area contributed by atoms with Crippen molar-refractivity contribution in [3.8, 4) is 5.75 Å². The van der Waals surface area contributed by atoms with Gasteiger partial charge in [0.2, 0.25) is 0 Å². The number of carbonyl (C=O) groups excluding carboxylic acids is 1. The largest absolute Gasteiger partial charge is 0.490 e. The van der Waals surface area contributed by atoms with Gasteiger partial charge in [-0.2, -0.15) is 0 Å². The molecule has 0 bridgehead atoms. The first kappa shape index (κ1) is 18.6. The molecule has 0 aliphatic carbocycles. The average Bonchev–Trinajstić information content (AvgIpc) is 2.60. The van der Waals surface area contributed by atoms with Crippen LogP contribution < -0.4 is 10.4 Å². The summed E-state index contributed by atoms with van der Waals surface area (Å²) in [6.45, 7) is 5.38. The molecule has 0 amide bonds. The highest BCUT2D eigenvalue weighted by atomic mass is 19.1. The summed E-state index contributed by atoms with van der Waals surface area (Å²) in [7, 11) is 0. The van der Waals surface area contributed by atoms with Crippen molar-refractivity contribution in [2.45, 2.75) is 33.5 Å². The second-order valence-corrected chi connectivity index (χ2v) is 6.42. The van der Waals surface area contributed by atoms with E-state index in [1.54, 1.807) is 19.1 Å². The molecule has 0 saturated carbocycles. The number of benzene rings is 2. The lowest BCUT2D eigenvalue weighted by molar-refractivity contribution is 0.0469. The van der Waals surface area contributed by atoms with Gasteiger partial charge < -0.3 is 13.9 Å². The van der Waals surface area contributed by atoms with Gasteiger partial charge in [-0.05, 0) is 62.7 Å². The van der Waals surface area contributed by atoms with E-state index in [-0.39, 0.29) is 18.3 Å². The van der Waals surface area contributed by atoms with Crippen LogP contribution in [0.3, 0.4) is 0 Å². The average molecular weight is 370 g/mol. The van der Waals surface area contributed by atoms with Crippen LogP contribution in [0.4, 0.5) is 4.39 Å². The summed E-state index contributed by atoms with van der Waals surface area (Å²) in [4.78, 5) is 24.1. The van der Waals surface area contributed by atoms with Crippen LogP contribution in [0.25, 0.3) is 11.0 Å². The lowest BCUT2D eigenvalue weighted by Gasteiger charge is -2.16. The second kappa shape index (κ2) is 7.61. The van der Waals surface area contributed by atoms with Crippen molar-refractivity contribution in [2.75, 3.05) is 0 Å². The summed E-state index contributed by atoms with van der Waals surface area (Å²) in [6.07, 6.45) is -0.120. The van der Waals surface area contributed by atoms with Crippen molar-refractivity contribution in [3.63, 3.8) is 0 Å². The summed E-state index contributed by atoms with van der Waals surface area (Å²) in [5.74, 6) is -0.582. The molecule has 1 aromatic heterocycles. The third-order valence-electron chi connectivity index (χ3n) is 3.97. The van der Waals surface area contributed by atoms with E-state index in [1.807, 2.05) is 13.8 Å². The van der Waals surface area contributed by atoms with Crippen molar-refractivity contribution >= 4 is 16.9 Å². The Kier molecular flexibility index (Phi) is 5.26. The van der Waals surface area contributed by atoms with E-state index in [2.05, 4.69) is 0 Å². The molecular weight excluding hydrogens is 351 g/mol. The molecule has 2 aromatic carbocycles. The van der Waals surface area contributed by atoms with Crippen molar-refractivity contribution in [1.82, 2.24) is 0 Å². The van der Waals surface area contributed by atoms with E-state index in [1.165, 1.54) is 30.3 Å². The molecule has 0 unspecified atom stereocenters. The van der Waals surface area contributed by atoms with Crippen LogP contribution in [-0.2, 0) is 11.3 Å². The lowest BCUT2D eigenvalue weighted by atomic mass is 10.1. The fourth-order valence-corrected chi connectivity index (χ4v) is 2.73. The molecule has 6 heteroatoms. The molecule has 0 fully saturated rings. The summed E-state index contributed by atoms with van der Waals surface area (Å²) in [5, 5.41) is 0.735. The number of rotatable bonds is 5. The maximum absolute atomic E-state index is 13.0. The van der Waals surface area contributed by atoms with Crippen LogP contribution in [0.5, 0.6) is 5.75 Å². The van der Waals surface area contributed by atoms with Crippen LogP contribution in [0.1, 0.15) is 35.3 Å². The molecule has 0 radical (unpaired) electrons. The van der Waals surface area contributed by atoms with Crippen LogP contribution in [0.15, 0.2) is 51.7 Å². The first-order valence-corrected chi connectivity index (χ1v) is 8.51. The number of ether oxygens (including phenoxy) is 2. The van der Waals surface area contributed by atoms with Crippen molar-refractivity contribution < 1.29 is 23.1 Å². The van der Waals surface area contributed by atoms with Gasteiger partial charge in [-0.3, -0.25) is 0 Å². The van der Waals surface area contributed by atoms with Crippen molar-refractivity contribution in [2.24, 2.45) is 0 Å². The molecule has 1 heterocycles. The van der Waals surface area contributed by atoms with Gasteiger partial charge >= 0.3 is 11.6 Å². The molecule has 3 rings (SSSR count). The second-order valence-electron chi connectivity index (χ2n) is 6.42. The molecule has 0 aliphatic rings. The van der Waals surface area contributed by atoms with Crippen LogP contribution in [-0.4, -0.2) is 12.1 Å². The number of aryl methyl sites for hydroxylation is 1. The first-order valence-electron chi connectivity index (χ1n) is 8.51. The summed E-state index contributed by atoms with van der Waals surface area (Å²) in [6, 6.07) is 10.0. The Morgan fingerprint density at radius 1 is 1.15 bits per heavy atom. The standard InChI is InChI=1S/C21H19FO5/c1-12(2)26-18-9-8-16-13(3)10-19(23)27-20(16)17(18)11-25-21(24)14-4-6-15(22)7-5-14/h4-10,12H,11H2,1-3H3. The molecule has 0 N–H and O–H groups in total. The Bertz CT molecular complexity index is 1030. The number of halogens is 1. The topological polar surface area (TPSA) is 65.7 Å². The highest BCUT2D eigenvalue weighted by molar-refractivity contribution is 5.90. The van der Waals surface area contributed by atoms with E-state index < -0.39 is 17.4 Å². The van der Waals surface area contributed by atoms with E-state index >= 15 is 0 Å². The van der Waals surface area contributed by atoms with Gasteiger partial charge in [0.15, 0.2) is 0 Å². The minimum absolute atomic E-state index is 0.120. The zero-order valence-corrected chi connectivity index (χ0v) is 15.2. The predicted molar refractivity (Wildman–Crippen MR) is 98.5 cm³/mol. The monoisotopic (exact) mass is 370 g/mol. The number of hydrogen-bond acceptors (Lipinski definition) is 5. The number of esters is 1. The third kappa shape index (κ3) is 4.16. The Morgan fingerprint density at radius 2 is 1.85 bits per heavy atom. The fraction of sp³-hybridized carbons (Fsp3) is 0.238. The van der Waals surface area contributed by atoms with Gasteiger partial charge in [0.05, 0.1) is 17.2 Å². The molecule has 0 saturated heterocycles. The highest BCUT2D eigenvalue weighted by Gasteiger charge is 2.17. The lowest BCUT2D eigenvalue weighted by Crippen LogP contribution is -2.11. The molecule has 5 nitrogen and oxygen atoms in total. The van der Waals surface area contributed by atoms with Crippen molar-refractivity contribution in [1.29, 1.82) is 0 Å². The fourth-order valence-electron chi connectivity index (χ4n) is 2.73. The minimum atomic E-state index is -0.613. The zero-order valence-electron chi connectivity index (χ0n) is 15.2. The molecule has 0 atom stereocenters. The Labute approximate surface area is 155 Å². The van der Waals surface area contributed by atoms with E-state index in [9.17, 15) is 14.0 Å². The smallest absolute Gasteiger partial charge is 0.338 e. The van der Waals surface area contributed by atoms with Gasteiger partial charge in [0, 0.05) is 11.5 Å². The summed E-state index contributed by atoms with van der Waals surface area (Å²) < 4.78 is 29.5. The van der Waals surface area contributed by atoms with E-state index in [0.717, 1.165) is 10.9 Å². The molecule has 3 aromatic rings. The molecular formula is C21H19FO5. The van der Waals surface area contributed by atoms with Gasteiger partial charge in [-0.1, -0.05) is 0 Å². The summed E-state index contributed by atoms with van der Waals surface area (Å²) >= 11 is 0. The zero-order chi connectivity index (χ0) is 19.6. The maximum atomic E-state index is 13.0. The Morgan fingerprint density at radius 3 is 2.52 bits per heavy atom. The van der Waals surface area contributed by atoms with Crippen molar-refractivity contribution in [3.05, 3.63) is 75.4 Å². The third-order valence-corrected chi connectivity index (χ3v) is 3.97. The molecule has 0 aliphatic heterocycles. The molecule has 0 spiro atoms. The van der Waals surface area contributed by atoms with E-state index in [4.69, 9.17) is 13.9 Å². The Balaban J connectivity index is 1.98. The molecule has 27 heavy (non-hydrogen) atoms. The summed E-state index contributed by atoms with van der Waals surface area (Å²) in [5.41, 5.74) is 1.28. The SMILES string of the molecule is Cc1cc(=O)oc2c(COC(=O)c3ccc(F)cc3)c(OC(C)C)ccc12. The van der Waals surface area contributed by atoms with Crippen LogP contribution in [0.2, 0.25) is 0 Å². The van der Waals surface area contributed by atoms with Gasteiger partial charge in [-0.15, -0.1) is 0 Å². The van der Waals surface area contributed by atoms with Gasteiger partial charge in [0.25, 0.3) is 0 Å². The predicted octanol–water partition coefficient (Wildman–Crippen LogP) is 4.38. The maximum Gasteiger partial charge on any atom is 0.338 e. The number of carbonyl (C=O) groups is 1.